The van der Waals surface area contributed by atoms with E-state index in [0.29, 0.717) is 16.9 Å². The predicted molar refractivity (Wildman–Crippen MR) is 145 cm³/mol. The second-order valence-electron chi connectivity index (χ2n) is 10.5. The second-order valence-corrected chi connectivity index (χ2v) is 10.5. The second kappa shape index (κ2) is 11.8. The van der Waals surface area contributed by atoms with Crippen LogP contribution in [0.1, 0.15) is 56.5 Å². The van der Waals surface area contributed by atoms with E-state index < -0.39 is 48.5 Å². The van der Waals surface area contributed by atoms with E-state index in [1.165, 1.54) is 17.2 Å². The molecule has 4 atom stereocenters. The number of rotatable bonds is 10. The molecule has 12 nitrogen and oxygen atoms in total. The molecule has 0 bridgehead atoms. The number of aliphatic hydroxyl groups is 3. The highest BCUT2D eigenvalue weighted by atomic mass is 16.6. The van der Waals surface area contributed by atoms with Crippen molar-refractivity contribution in [3.63, 3.8) is 0 Å². The van der Waals surface area contributed by atoms with E-state index in [4.69, 9.17) is 14.2 Å². The summed E-state index contributed by atoms with van der Waals surface area (Å²) < 4.78 is 17.9. The smallest absolute Gasteiger partial charge is 0.324 e. The number of ether oxygens (including phenoxy) is 3. The van der Waals surface area contributed by atoms with Gasteiger partial charge in [0.15, 0.2) is 17.3 Å². The van der Waals surface area contributed by atoms with Crippen LogP contribution in [0.25, 0.3) is 22.4 Å². The van der Waals surface area contributed by atoms with Crippen LogP contribution in [0, 0.1) is 5.41 Å². The number of nitrogens with zero attached hydrogens (tertiary/aromatic N) is 4. The van der Waals surface area contributed by atoms with Crippen LogP contribution >= 0.6 is 0 Å². The minimum Gasteiger partial charge on any atom is -0.465 e. The van der Waals surface area contributed by atoms with Gasteiger partial charge in [-0.2, -0.15) is 0 Å². The lowest BCUT2D eigenvalue weighted by Crippen LogP contribution is -2.43. The average Bonchev–Trinajstić information content (AvgIpc) is 3.65. The number of fused-ring (bicyclic) bond motifs is 2. The summed E-state index contributed by atoms with van der Waals surface area (Å²) in [5, 5.41) is 30.4. The number of unbranched alkanes of at least 4 members (excludes halogenated alkanes) is 1. The number of benzene rings is 1. The van der Waals surface area contributed by atoms with E-state index in [2.05, 4.69) is 21.9 Å². The Kier molecular flexibility index (Phi) is 8.37. The molecule has 3 heterocycles. The topological polar surface area (TPSA) is 166 Å². The van der Waals surface area contributed by atoms with Gasteiger partial charge >= 0.3 is 11.9 Å². The van der Waals surface area contributed by atoms with E-state index >= 15 is 0 Å². The zero-order valence-corrected chi connectivity index (χ0v) is 23.4. The van der Waals surface area contributed by atoms with Crippen molar-refractivity contribution < 1.29 is 39.1 Å². The zero-order valence-electron chi connectivity index (χ0n) is 23.4. The number of aryl methyl sites for hydroxylation is 1. The molecule has 41 heavy (non-hydrogen) atoms. The van der Waals surface area contributed by atoms with Crippen molar-refractivity contribution in [2.45, 2.75) is 77.4 Å². The molecule has 12 heteroatoms. The Hall–Kier alpha value is -3.45. The van der Waals surface area contributed by atoms with Crippen LogP contribution < -0.4 is 0 Å². The molecular formula is C29H36N4O8. The van der Waals surface area contributed by atoms with Crippen molar-refractivity contribution in [1.82, 2.24) is 19.5 Å². The molecule has 3 N–H and O–H groups in total. The number of hydrogen-bond donors (Lipinski definition) is 3. The van der Waals surface area contributed by atoms with Gasteiger partial charge in [-0.1, -0.05) is 19.4 Å². The SMILES string of the molecule is CCCCc1cc2c(cc1-c1ncnc3c1ncn3[C@@H]1O[C@H](CO)[C@@H](O)[C@H]1O)CC(C(=O)OCC)(C(=O)OCC)C2. The normalized spacial score (nSPS) is 23.1. The largest absolute Gasteiger partial charge is 0.465 e. The molecule has 0 spiro atoms. The van der Waals surface area contributed by atoms with Gasteiger partial charge in [-0.15, -0.1) is 0 Å². The first-order valence-electron chi connectivity index (χ1n) is 14.1. The predicted octanol–water partition coefficient (Wildman–Crippen LogP) is 1.66. The molecule has 5 rings (SSSR count). The van der Waals surface area contributed by atoms with E-state index in [1.54, 1.807) is 13.8 Å². The fraction of sp³-hybridized carbons (Fsp3) is 0.552. The molecule has 1 saturated heterocycles. The molecule has 0 radical (unpaired) electrons. The lowest BCUT2D eigenvalue weighted by atomic mass is 9.84. The highest BCUT2D eigenvalue weighted by Gasteiger charge is 2.53. The average molecular weight is 569 g/mol. The van der Waals surface area contributed by atoms with Gasteiger partial charge < -0.3 is 29.5 Å². The Morgan fingerprint density at radius 2 is 1.71 bits per heavy atom. The first-order valence-corrected chi connectivity index (χ1v) is 14.1. The maximum atomic E-state index is 13.1. The van der Waals surface area contributed by atoms with Crippen LogP contribution in [-0.4, -0.2) is 84.9 Å². The molecule has 1 aliphatic carbocycles. The number of hydrogen-bond acceptors (Lipinski definition) is 11. The van der Waals surface area contributed by atoms with Gasteiger partial charge in [0.2, 0.25) is 0 Å². The Morgan fingerprint density at radius 3 is 2.32 bits per heavy atom. The zero-order chi connectivity index (χ0) is 29.3. The van der Waals surface area contributed by atoms with Crippen LogP contribution in [0.2, 0.25) is 0 Å². The standard InChI is InChI=1S/C29H36N4O8/c1-4-7-8-16-9-17-11-29(27(37)39-5-2,28(38)40-6-3)12-18(17)10-19(16)21-22-25(31-14-30-21)33(15-32-22)26-24(36)23(35)20(13-34)41-26/h9-10,14-15,20,23-24,26,34-36H,4-8,11-13H2,1-3H3/t20-,23-,24-,26-/m1/s1. The third-order valence-corrected chi connectivity index (χ3v) is 7.95. The highest BCUT2D eigenvalue weighted by Crippen LogP contribution is 2.43. The van der Waals surface area contributed by atoms with Crippen molar-refractivity contribution >= 4 is 23.1 Å². The van der Waals surface area contributed by atoms with Crippen molar-refractivity contribution in [2.75, 3.05) is 19.8 Å². The number of imidazole rings is 1. The monoisotopic (exact) mass is 568 g/mol. The lowest BCUT2D eigenvalue weighted by molar-refractivity contribution is -0.171. The summed E-state index contributed by atoms with van der Waals surface area (Å²) in [6.45, 7) is 5.38. The van der Waals surface area contributed by atoms with Crippen LogP contribution in [0.15, 0.2) is 24.8 Å². The Morgan fingerprint density at radius 1 is 1.02 bits per heavy atom. The Labute approximate surface area is 237 Å². The minimum atomic E-state index is -1.45. The third-order valence-electron chi connectivity index (χ3n) is 7.95. The van der Waals surface area contributed by atoms with Gasteiger partial charge in [0.1, 0.15) is 35.8 Å². The molecule has 2 aromatic heterocycles. The fourth-order valence-corrected chi connectivity index (χ4v) is 5.83. The first kappa shape index (κ1) is 29.1. The molecule has 3 aromatic rings. The summed E-state index contributed by atoms with van der Waals surface area (Å²) in [7, 11) is 0. The molecule has 1 aliphatic heterocycles. The highest BCUT2D eigenvalue weighted by molar-refractivity contribution is 6.02. The summed E-state index contributed by atoms with van der Waals surface area (Å²) in [5.41, 5.74) is 3.48. The van der Waals surface area contributed by atoms with Crippen molar-refractivity contribution in [3.05, 3.63) is 41.5 Å². The first-order chi connectivity index (χ1) is 19.8. The van der Waals surface area contributed by atoms with E-state index in [9.17, 15) is 24.9 Å². The van der Waals surface area contributed by atoms with Crippen LogP contribution in [0.4, 0.5) is 0 Å². The van der Waals surface area contributed by atoms with Crippen molar-refractivity contribution in [2.24, 2.45) is 5.41 Å². The van der Waals surface area contributed by atoms with Gasteiger partial charge in [0.25, 0.3) is 0 Å². The minimum absolute atomic E-state index is 0.145. The molecule has 0 amide bonds. The number of esters is 2. The summed E-state index contributed by atoms with van der Waals surface area (Å²) in [5.74, 6) is -1.18. The van der Waals surface area contributed by atoms with Gasteiger partial charge in [-0.3, -0.25) is 14.2 Å². The van der Waals surface area contributed by atoms with Gasteiger partial charge in [0.05, 0.1) is 26.1 Å². The van der Waals surface area contributed by atoms with E-state index in [0.717, 1.165) is 41.5 Å². The molecule has 2 aliphatic rings. The Bertz CT molecular complexity index is 1420. The number of aliphatic hydroxyl groups excluding tert-OH is 3. The summed E-state index contributed by atoms with van der Waals surface area (Å²) in [6.07, 6.45) is 1.33. The van der Waals surface area contributed by atoms with Crippen LogP contribution in [0.3, 0.4) is 0 Å². The maximum absolute atomic E-state index is 13.1. The van der Waals surface area contributed by atoms with Gasteiger partial charge in [0, 0.05) is 5.56 Å². The summed E-state index contributed by atoms with van der Waals surface area (Å²) in [6, 6.07) is 4.01. The molecular weight excluding hydrogens is 532 g/mol. The molecule has 0 unspecified atom stereocenters. The van der Waals surface area contributed by atoms with E-state index in [-0.39, 0.29) is 26.1 Å². The van der Waals surface area contributed by atoms with Crippen molar-refractivity contribution in [3.8, 4) is 11.3 Å². The molecule has 0 saturated carbocycles. The molecule has 1 fully saturated rings. The summed E-state index contributed by atoms with van der Waals surface area (Å²) in [4.78, 5) is 39.8. The van der Waals surface area contributed by atoms with Crippen LogP contribution in [-0.2, 0) is 43.1 Å². The summed E-state index contributed by atoms with van der Waals surface area (Å²) >= 11 is 0. The van der Waals surface area contributed by atoms with Gasteiger partial charge in [-0.05, 0) is 62.3 Å². The van der Waals surface area contributed by atoms with Crippen LogP contribution in [0.5, 0.6) is 0 Å². The lowest BCUT2D eigenvalue weighted by Gasteiger charge is -2.23. The number of carbonyl (C=O) groups excluding carboxylic acids is 2. The number of aromatic nitrogens is 4. The Balaban J connectivity index is 1.59. The molecule has 220 valence electrons. The third kappa shape index (κ3) is 4.99. The number of carbonyl (C=O) groups is 2. The molecule has 1 aromatic carbocycles. The fourth-order valence-electron chi connectivity index (χ4n) is 5.83. The van der Waals surface area contributed by atoms with Gasteiger partial charge in [-0.25, -0.2) is 15.0 Å². The maximum Gasteiger partial charge on any atom is 0.324 e. The van der Waals surface area contributed by atoms with Crippen molar-refractivity contribution in [1.29, 1.82) is 0 Å². The quantitative estimate of drug-likeness (QED) is 0.240. The van der Waals surface area contributed by atoms with E-state index in [1.807, 2.05) is 12.1 Å².